The predicted molar refractivity (Wildman–Crippen MR) is 94.7 cm³/mol. The van der Waals surface area contributed by atoms with E-state index < -0.39 is 0 Å². The fourth-order valence-corrected chi connectivity index (χ4v) is 4.03. The third kappa shape index (κ3) is 3.25. The van der Waals surface area contributed by atoms with Crippen LogP contribution in [0.25, 0.3) is 0 Å². The largest absolute Gasteiger partial charge is 0.313 e. The maximum atomic E-state index is 3.73. The highest BCUT2D eigenvalue weighted by Crippen LogP contribution is 2.34. The second kappa shape index (κ2) is 6.26. The van der Waals surface area contributed by atoms with Crippen molar-refractivity contribution < 1.29 is 0 Å². The van der Waals surface area contributed by atoms with Crippen LogP contribution in [0.1, 0.15) is 52.1 Å². The molecule has 0 radical (unpaired) electrons. The molecule has 1 heterocycles. The molecule has 0 aliphatic carbocycles. The van der Waals surface area contributed by atoms with Crippen molar-refractivity contribution in [2.75, 3.05) is 6.54 Å². The maximum absolute atomic E-state index is 3.73. The Labute approximate surface area is 134 Å². The van der Waals surface area contributed by atoms with E-state index in [1.165, 1.54) is 46.2 Å². The number of benzene rings is 2. The van der Waals surface area contributed by atoms with Gasteiger partial charge in [-0.2, -0.15) is 0 Å². The first-order chi connectivity index (χ1) is 10.5. The molecule has 1 saturated heterocycles. The van der Waals surface area contributed by atoms with Gasteiger partial charge < -0.3 is 5.32 Å². The number of nitrogens with one attached hydrogen (secondary N) is 1. The first-order valence-electron chi connectivity index (χ1n) is 8.43. The van der Waals surface area contributed by atoms with Crippen LogP contribution in [0, 0.1) is 27.7 Å². The summed E-state index contributed by atoms with van der Waals surface area (Å²) in [5, 5.41) is 3.73. The van der Waals surface area contributed by atoms with E-state index in [9.17, 15) is 0 Å². The van der Waals surface area contributed by atoms with Gasteiger partial charge in [0, 0.05) is 12.0 Å². The molecule has 2 aromatic rings. The molecule has 1 N–H and O–H groups in total. The molecule has 1 fully saturated rings. The van der Waals surface area contributed by atoms with Crippen molar-refractivity contribution in [3.63, 3.8) is 0 Å². The standard InChI is InChI=1S/C21H27N/c1-14-8-15(2)11-18(10-14)21(20-6-5-7-22-20)19-12-16(3)9-17(4)13-19/h8-13,20-22H,5-7H2,1-4H3. The minimum absolute atomic E-state index is 0.458. The molecular formula is C21H27N. The molecule has 1 aliphatic heterocycles. The average molecular weight is 293 g/mol. The highest BCUT2D eigenvalue weighted by molar-refractivity contribution is 5.41. The van der Waals surface area contributed by atoms with E-state index >= 15 is 0 Å². The maximum Gasteiger partial charge on any atom is 0.0243 e. The lowest BCUT2D eigenvalue weighted by Gasteiger charge is -2.26. The van der Waals surface area contributed by atoms with Crippen molar-refractivity contribution in [1.82, 2.24) is 5.32 Å². The minimum Gasteiger partial charge on any atom is -0.313 e. The summed E-state index contributed by atoms with van der Waals surface area (Å²) >= 11 is 0. The summed E-state index contributed by atoms with van der Waals surface area (Å²) in [5.74, 6) is 0.458. The normalized spacial score (nSPS) is 18.1. The molecule has 0 aromatic heterocycles. The number of aryl methyl sites for hydroxylation is 4. The van der Waals surface area contributed by atoms with E-state index in [-0.39, 0.29) is 0 Å². The van der Waals surface area contributed by atoms with Crippen LogP contribution in [0.5, 0.6) is 0 Å². The summed E-state index contributed by atoms with van der Waals surface area (Å²) in [6, 6.07) is 14.6. The highest BCUT2D eigenvalue weighted by atomic mass is 14.9. The second-order valence-corrected chi connectivity index (χ2v) is 7.02. The summed E-state index contributed by atoms with van der Waals surface area (Å²) in [4.78, 5) is 0. The molecule has 1 unspecified atom stereocenters. The second-order valence-electron chi connectivity index (χ2n) is 7.02. The molecule has 1 aliphatic rings. The van der Waals surface area contributed by atoms with Gasteiger partial charge in [0.1, 0.15) is 0 Å². The quantitative estimate of drug-likeness (QED) is 0.857. The van der Waals surface area contributed by atoms with Crippen molar-refractivity contribution in [2.45, 2.75) is 52.5 Å². The first-order valence-corrected chi connectivity index (χ1v) is 8.43. The summed E-state index contributed by atoms with van der Waals surface area (Å²) < 4.78 is 0. The molecule has 22 heavy (non-hydrogen) atoms. The van der Waals surface area contributed by atoms with Crippen LogP contribution in [-0.4, -0.2) is 12.6 Å². The van der Waals surface area contributed by atoms with Gasteiger partial charge in [0.2, 0.25) is 0 Å². The fourth-order valence-electron chi connectivity index (χ4n) is 4.03. The third-order valence-electron chi connectivity index (χ3n) is 4.71. The van der Waals surface area contributed by atoms with E-state index in [0.717, 1.165) is 6.54 Å². The van der Waals surface area contributed by atoms with Gasteiger partial charge in [-0.15, -0.1) is 0 Å². The zero-order valence-corrected chi connectivity index (χ0v) is 14.2. The van der Waals surface area contributed by atoms with Crippen LogP contribution in [-0.2, 0) is 0 Å². The number of hydrogen-bond donors (Lipinski definition) is 1. The summed E-state index contributed by atoms with van der Waals surface area (Å²) in [5.41, 5.74) is 8.37. The zero-order valence-electron chi connectivity index (χ0n) is 14.2. The third-order valence-corrected chi connectivity index (χ3v) is 4.71. The van der Waals surface area contributed by atoms with Crippen LogP contribution in [0.3, 0.4) is 0 Å². The van der Waals surface area contributed by atoms with E-state index in [2.05, 4.69) is 69.4 Å². The molecule has 116 valence electrons. The lowest BCUT2D eigenvalue weighted by atomic mass is 9.82. The fraction of sp³-hybridized carbons (Fsp3) is 0.429. The Morgan fingerprint density at radius 2 is 1.23 bits per heavy atom. The number of rotatable bonds is 3. The van der Waals surface area contributed by atoms with E-state index in [4.69, 9.17) is 0 Å². The summed E-state index contributed by atoms with van der Waals surface area (Å²) in [7, 11) is 0. The predicted octanol–water partition coefficient (Wildman–Crippen LogP) is 4.80. The Hall–Kier alpha value is -1.60. The van der Waals surface area contributed by atoms with Gasteiger partial charge in [-0.05, 0) is 58.2 Å². The molecule has 1 atom stereocenters. The molecule has 0 saturated carbocycles. The monoisotopic (exact) mass is 293 g/mol. The van der Waals surface area contributed by atoms with Crippen LogP contribution in [0.15, 0.2) is 36.4 Å². The smallest absolute Gasteiger partial charge is 0.0243 e. The van der Waals surface area contributed by atoms with Gasteiger partial charge in [-0.25, -0.2) is 0 Å². The molecule has 0 amide bonds. The van der Waals surface area contributed by atoms with Crippen LogP contribution < -0.4 is 5.32 Å². The minimum atomic E-state index is 0.458. The Bertz CT molecular complexity index is 574. The summed E-state index contributed by atoms with van der Waals surface area (Å²) in [6.07, 6.45) is 2.56. The van der Waals surface area contributed by atoms with Crippen molar-refractivity contribution in [3.8, 4) is 0 Å². The Balaban J connectivity index is 2.10. The molecule has 1 heteroatoms. The number of hydrogen-bond acceptors (Lipinski definition) is 1. The molecule has 3 rings (SSSR count). The van der Waals surface area contributed by atoms with Crippen molar-refractivity contribution in [3.05, 3.63) is 69.8 Å². The van der Waals surface area contributed by atoms with Crippen molar-refractivity contribution in [2.24, 2.45) is 0 Å². The van der Waals surface area contributed by atoms with Gasteiger partial charge in [-0.3, -0.25) is 0 Å². The highest BCUT2D eigenvalue weighted by Gasteiger charge is 2.28. The SMILES string of the molecule is Cc1cc(C)cc(C(c2cc(C)cc(C)c2)C2CCCN2)c1. The van der Waals surface area contributed by atoms with Gasteiger partial charge in [0.05, 0.1) is 0 Å². The summed E-state index contributed by atoms with van der Waals surface area (Å²) in [6.45, 7) is 9.97. The van der Waals surface area contributed by atoms with Gasteiger partial charge in [0.15, 0.2) is 0 Å². The van der Waals surface area contributed by atoms with E-state index in [1.807, 2.05) is 0 Å². The van der Waals surface area contributed by atoms with Crippen LogP contribution in [0.2, 0.25) is 0 Å². The molecule has 0 spiro atoms. The van der Waals surface area contributed by atoms with Gasteiger partial charge in [-0.1, -0.05) is 58.7 Å². The van der Waals surface area contributed by atoms with Crippen LogP contribution >= 0.6 is 0 Å². The average Bonchev–Trinajstić information content (AvgIpc) is 2.90. The van der Waals surface area contributed by atoms with E-state index in [1.54, 1.807) is 0 Å². The topological polar surface area (TPSA) is 12.0 Å². The van der Waals surface area contributed by atoms with Crippen molar-refractivity contribution >= 4 is 0 Å². The van der Waals surface area contributed by atoms with Crippen LogP contribution in [0.4, 0.5) is 0 Å². The van der Waals surface area contributed by atoms with Crippen molar-refractivity contribution in [1.29, 1.82) is 0 Å². The Morgan fingerprint density at radius 1 is 0.773 bits per heavy atom. The molecular weight excluding hydrogens is 266 g/mol. The Kier molecular flexibility index (Phi) is 4.35. The van der Waals surface area contributed by atoms with E-state index in [0.29, 0.717) is 12.0 Å². The lowest BCUT2D eigenvalue weighted by Crippen LogP contribution is -2.30. The molecule has 2 aromatic carbocycles. The molecule has 0 bridgehead atoms. The molecule has 1 nitrogen and oxygen atoms in total. The lowest BCUT2D eigenvalue weighted by molar-refractivity contribution is 0.540. The first kappa shape index (κ1) is 15.3. The Morgan fingerprint density at radius 3 is 1.59 bits per heavy atom. The van der Waals surface area contributed by atoms with Gasteiger partial charge in [0.25, 0.3) is 0 Å². The zero-order chi connectivity index (χ0) is 15.7. The van der Waals surface area contributed by atoms with Gasteiger partial charge >= 0.3 is 0 Å².